The Kier molecular flexibility index (Phi) is 7.78. The summed E-state index contributed by atoms with van der Waals surface area (Å²) in [7, 11) is 3.39. The van der Waals surface area contributed by atoms with Crippen molar-refractivity contribution in [2.45, 2.75) is 6.92 Å². The molecule has 0 fully saturated rings. The summed E-state index contributed by atoms with van der Waals surface area (Å²) in [6, 6.07) is 5.48. The normalized spacial score (nSPS) is 11.5. The van der Waals surface area contributed by atoms with Gasteiger partial charge >= 0.3 is 0 Å². The van der Waals surface area contributed by atoms with Crippen molar-refractivity contribution < 1.29 is 9.53 Å². The number of anilines is 1. The fourth-order valence-electron chi connectivity index (χ4n) is 1.92. The first-order valence-corrected chi connectivity index (χ1v) is 8.05. The maximum Gasteiger partial charge on any atom is 0.230 e. The monoisotopic (exact) mass is 375 g/mol. The molecular weight excluding hydrogens is 357 g/mol. The Bertz CT molecular complexity index is 664. The molecule has 23 heavy (non-hydrogen) atoms. The molecule has 5 nitrogen and oxygen atoms in total. The molecule has 1 atom stereocenters. The fraction of sp³-hybridized carbons (Fsp3) is 0.333. The third kappa shape index (κ3) is 5.07. The van der Waals surface area contributed by atoms with E-state index in [-0.39, 0.29) is 24.2 Å². The van der Waals surface area contributed by atoms with E-state index in [9.17, 15) is 4.79 Å². The molecule has 0 saturated carbocycles. The topological polar surface area (TPSA) is 63.2 Å². The molecular formula is C15H19Cl2N3O2S. The second-order valence-corrected chi connectivity index (χ2v) is 6.10. The lowest BCUT2D eigenvalue weighted by Gasteiger charge is -2.09. The van der Waals surface area contributed by atoms with Gasteiger partial charge in [-0.05, 0) is 25.2 Å². The average molecular weight is 376 g/mol. The van der Waals surface area contributed by atoms with Crippen molar-refractivity contribution in [2.24, 2.45) is 5.92 Å². The van der Waals surface area contributed by atoms with Gasteiger partial charge in [0.1, 0.15) is 5.75 Å². The third-order valence-electron chi connectivity index (χ3n) is 3.14. The van der Waals surface area contributed by atoms with Crippen LogP contribution < -0.4 is 15.4 Å². The number of halogens is 2. The minimum atomic E-state index is -0.118. The van der Waals surface area contributed by atoms with Crippen molar-refractivity contribution in [3.05, 3.63) is 28.6 Å². The van der Waals surface area contributed by atoms with Gasteiger partial charge in [-0.25, -0.2) is 4.98 Å². The second kappa shape index (κ2) is 9.08. The van der Waals surface area contributed by atoms with E-state index >= 15 is 0 Å². The molecule has 0 bridgehead atoms. The van der Waals surface area contributed by atoms with E-state index in [1.54, 1.807) is 19.2 Å². The molecule has 0 spiro atoms. The number of ether oxygens (including phenoxy) is 1. The van der Waals surface area contributed by atoms with Gasteiger partial charge in [0.05, 0.1) is 17.8 Å². The van der Waals surface area contributed by atoms with Crippen molar-refractivity contribution in [1.29, 1.82) is 0 Å². The van der Waals surface area contributed by atoms with Crippen molar-refractivity contribution >= 4 is 46.4 Å². The van der Waals surface area contributed by atoms with Gasteiger partial charge in [-0.15, -0.1) is 23.7 Å². The summed E-state index contributed by atoms with van der Waals surface area (Å²) in [6.45, 7) is 2.49. The number of nitrogens with zero attached hydrogens (tertiary/aromatic N) is 1. The lowest BCUT2D eigenvalue weighted by molar-refractivity contribution is -0.119. The molecule has 0 aliphatic carbocycles. The van der Waals surface area contributed by atoms with Gasteiger partial charge in [-0.2, -0.15) is 0 Å². The van der Waals surface area contributed by atoms with E-state index in [0.29, 0.717) is 22.4 Å². The van der Waals surface area contributed by atoms with E-state index in [1.165, 1.54) is 11.3 Å². The van der Waals surface area contributed by atoms with E-state index in [4.69, 9.17) is 16.3 Å². The molecule has 1 amide bonds. The van der Waals surface area contributed by atoms with Crippen LogP contribution in [0.5, 0.6) is 5.75 Å². The molecule has 8 heteroatoms. The first-order chi connectivity index (χ1) is 10.5. The zero-order valence-corrected chi connectivity index (χ0v) is 15.4. The second-order valence-electron chi connectivity index (χ2n) is 4.84. The Morgan fingerprint density at radius 2 is 2.22 bits per heavy atom. The Morgan fingerprint density at radius 1 is 1.48 bits per heavy atom. The number of nitrogens with one attached hydrogen (secondary N) is 2. The number of carbonyl (C=O) groups is 1. The minimum Gasteiger partial charge on any atom is -0.495 e. The van der Waals surface area contributed by atoms with Gasteiger partial charge in [0, 0.05) is 23.4 Å². The summed E-state index contributed by atoms with van der Waals surface area (Å²) in [5.74, 6) is 0.450. The van der Waals surface area contributed by atoms with E-state index < -0.39 is 0 Å². The van der Waals surface area contributed by atoms with Gasteiger partial charge in [0.15, 0.2) is 5.13 Å². The van der Waals surface area contributed by atoms with E-state index in [2.05, 4.69) is 15.6 Å². The molecule has 0 aliphatic heterocycles. The first-order valence-electron chi connectivity index (χ1n) is 6.80. The van der Waals surface area contributed by atoms with E-state index in [1.807, 2.05) is 25.4 Å². The molecule has 1 aromatic carbocycles. The van der Waals surface area contributed by atoms with Crippen LogP contribution in [-0.4, -0.2) is 31.6 Å². The predicted octanol–water partition coefficient (Wildman–Crippen LogP) is 3.69. The summed E-state index contributed by atoms with van der Waals surface area (Å²) in [4.78, 5) is 16.4. The zero-order chi connectivity index (χ0) is 16.1. The Morgan fingerprint density at radius 3 is 2.83 bits per heavy atom. The number of carbonyl (C=O) groups excluding carboxylic acids is 1. The molecule has 1 aromatic heterocycles. The molecule has 0 radical (unpaired) electrons. The Balaban J connectivity index is 0.00000264. The van der Waals surface area contributed by atoms with E-state index in [0.717, 1.165) is 11.3 Å². The van der Waals surface area contributed by atoms with Crippen molar-refractivity contribution in [3.63, 3.8) is 0 Å². The quantitative estimate of drug-likeness (QED) is 0.807. The predicted molar refractivity (Wildman–Crippen MR) is 98.1 cm³/mol. The molecule has 126 valence electrons. The zero-order valence-electron chi connectivity index (χ0n) is 13.1. The van der Waals surface area contributed by atoms with Crippen LogP contribution in [0, 0.1) is 5.92 Å². The number of amides is 1. The summed E-state index contributed by atoms with van der Waals surface area (Å²) >= 11 is 7.51. The smallest absolute Gasteiger partial charge is 0.230 e. The highest BCUT2D eigenvalue weighted by molar-refractivity contribution is 7.14. The number of methoxy groups -OCH3 is 1. The lowest BCUT2D eigenvalue weighted by atomic mass is 10.1. The van der Waals surface area contributed by atoms with Gasteiger partial charge in [0.2, 0.25) is 5.91 Å². The number of benzene rings is 1. The highest BCUT2D eigenvalue weighted by Gasteiger charge is 2.14. The molecule has 2 N–H and O–H groups in total. The van der Waals surface area contributed by atoms with Crippen LogP contribution in [0.15, 0.2) is 23.6 Å². The van der Waals surface area contributed by atoms with Crippen LogP contribution in [0.2, 0.25) is 5.02 Å². The Hall–Kier alpha value is -1.34. The maximum atomic E-state index is 12.0. The highest BCUT2D eigenvalue weighted by Crippen LogP contribution is 2.31. The summed E-state index contributed by atoms with van der Waals surface area (Å²) in [5.41, 5.74) is 1.65. The first kappa shape index (κ1) is 19.7. The van der Waals surface area contributed by atoms with Crippen LogP contribution in [-0.2, 0) is 4.79 Å². The van der Waals surface area contributed by atoms with Crippen LogP contribution in [0.25, 0.3) is 11.3 Å². The number of hydrogen-bond donors (Lipinski definition) is 2. The molecule has 2 aromatic rings. The molecule has 0 aliphatic rings. The standard InChI is InChI=1S/C15H18ClN3O2S.ClH/c1-9(7-17-2)14(20)19-15-18-12(8-22-15)10-4-5-13(21-3)11(16)6-10;/h4-6,8-9,17H,7H2,1-3H3,(H,18,19,20);1H. The van der Waals surface area contributed by atoms with Crippen molar-refractivity contribution in [3.8, 4) is 17.0 Å². The minimum absolute atomic E-state index is 0. The number of aromatic nitrogens is 1. The van der Waals surface area contributed by atoms with Crippen LogP contribution in [0.1, 0.15) is 6.92 Å². The third-order valence-corrected chi connectivity index (χ3v) is 4.19. The number of thiazole rings is 1. The SMILES string of the molecule is CNCC(C)C(=O)Nc1nc(-c2ccc(OC)c(Cl)c2)cs1.Cl. The maximum absolute atomic E-state index is 12.0. The van der Waals surface area contributed by atoms with Crippen molar-refractivity contribution in [1.82, 2.24) is 10.3 Å². The molecule has 2 rings (SSSR count). The van der Waals surface area contributed by atoms with Crippen molar-refractivity contribution in [2.75, 3.05) is 26.0 Å². The molecule has 0 saturated heterocycles. The van der Waals surface area contributed by atoms with Crippen LogP contribution >= 0.6 is 35.3 Å². The number of hydrogen-bond acceptors (Lipinski definition) is 5. The van der Waals surface area contributed by atoms with Gasteiger partial charge in [-0.1, -0.05) is 18.5 Å². The highest BCUT2D eigenvalue weighted by atomic mass is 35.5. The Labute approximate surface area is 150 Å². The number of rotatable bonds is 6. The summed E-state index contributed by atoms with van der Waals surface area (Å²) < 4.78 is 5.13. The molecule has 1 unspecified atom stereocenters. The van der Waals surface area contributed by atoms with Crippen LogP contribution in [0.4, 0.5) is 5.13 Å². The molecule has 1 heterocycles. The fourth-order valence-corrected chi connectivity index (χ4v) is 2.90. The largest absolute Gasteiger partial charge is 0.495 e. The lowest BCUT2D eigenvalue weighted by Crippen LogP contribution is -2.28. The van der Waals surface area contributed by atoms with Gasteiger partial charge in [-0.3, -0.25) is 4.79 Å². The van der Waals surface area contributed by atoms with Gasteiger partial charge < -0.3 is 15.4 Å². The summed E-state index contributed by atoms with van der Waals surface area (Å²) in [6.07, 6.45) is 0. The van der Waals surface area contributed by atoms with Crippen LogP contribution in [0.3, 0.4) is 0 Å². The summed E-state index contributed by atoms with van der Waals surface area (Å²) in [5, 5.41) is 8.80. The van der Waals surface area contributed by atoms with Gasteiger partial charge in [0.25, 0.3) is 0 Å². The average Bonchev–Trinajstić information content (AvgIpc) is 2.95.